The van der Waals surface area contributed by atoms with Crippen molar-refractivity contribution in [2.24, 2.45) is 17.8 Å². The Hall–Kier alpha value is -4.62. The summed E-state index contributed by atoms with van der Waals surface area (Å²) in [5.41, 5.74) is 21.4. The smallest absolute Gasteiger partial charge is 0.0645 e. The van der Waals surface area contributed by atoms with Gasteiger partial charge in [-0.25, -0.2) is 0 Å². The molecule has 10 aliphatic carbocycles. The summed E-state index contributed by atoms with van der Waals surface area (Å²) in [7, 11) is 0. The highest BCUT2D eigenvalue weighted by Gasteiger charge is 2.56. The van der Waals surface area contributed by atoms with Gasteiger partial charge in [0.25, 0.3) is 0 Å². The van der Waals surface area contributed by atoms with Crippen LogP contribution in [-0.4, -0.2) is 6.04 Å². The molecule has 7 atom stereocenters. The molecule has 10 aliphatic rings. The lowest BCUT2D eigenvalue weighted by Crippen LogP contribution is -2.36. The van der Waals surface area contributed by atoms with Gasteiger partial charge in [-0.1, -0.05) is 115 Å². The van der Waals surface area contributed by atoms with Crippen molar-refractivity contribution in [1.82, 2.24) is 0 Å². The van der Waals surface area contributed by atoms with Crippen LogP contribution in [0, 0.1) is 17.8 Å². The predicted octanol–water partition coefficient (Wildman–Crippen LogP) is 13.9. The van der Waals surface area contributed by atoms with E-state index in [2.05, 4.69) is 132 Å². The van der Waals surface area contributed by atoms with Crippen molar-refractivity contribution in [1.29, 1.82) is 0 Å². The minimum atomic E-state index is -0.0711. The van der Waals surface area contributed by atoms with E-state index in [4.69, 9.17) is 0 Å². The molecule has 1 spiro atoms. The van der Waals surface area contributed by atoms with Crippen LogP contribution in [0.2, 0.25) is 0 Å². The summed E-state index contributed by atoms with van der Waals surface area (Å²) >= 11 is 0. The Morgan fingerprint density at radius 1 is 0.643 bits per heavy atom. The van der Waals surface area contributed by atoms with Crippen molar-refractivity contribution >= 4 is 11.3 Å². The third-order valence-corrected chi connectivity index (χ3v) is 15.9. The molecule has 0 aliphatic heterocycles. The molecule has 0 aromatic heterocycles. The van der Waals surface area contributed by atoms with Gasteiger partial charge in [0.1, 0.15) is 0 Å². The van der Waals surface area contributed by atoms with Crippen LogP contribution >= 0.6 is 0 Å². The quantitative estimate of drug-likeness (QED) is 0.283. The molecule has 56 heavy (non-hydrogen) atoms. The second-order valence-electron chi connectivity index (χ2n) is 18.4. The molecule has 7 unspecified atom stereocenters. The molecule has 12 rings (SSSR count). The van der Waals surface area contributed by atoms with Gasteiger partial charge >= 0.3 is 0 Å². The fourth-order valence-electron chi connectivity index (χ4n) is 13.6. The largest absolute Gasteiger partial charge is 0.342 e. The third-order valence-electron chi connectivity index (χ3n) is 15.9. The van der Waals surface area contributed by atoms with Crippen LogP contribution in [0.25, 0.3) is 5.57 Å². The molecule has 0 saturated carbocycles. The van der Waals surface area contributed by atoms with Crippen LogP contribution in [0.5, 0.6) is 0 Å². The molecule has 0 saturated heterocycles. The molecule has 0 N–H and O–H groups in total. The maximum absolute atomic E-state index is 2.84. The average molecular weight is 730 g/mol. The lowest BCUT2D eigenvalue weighted by Gasteiger charge is -2.44. The Bertz CT molecular complexity index is 2360. The monoisotopic (exact) mass is 729 g/mol. The van der Waals surface area contributed by atoms with E-state index in [9.17, 15) is 0 Å². The van der Waals surface area contributed by atoms with Crippen LogP contribution in [0.1, 0.15) is 124 Å². The van der Waals surface area contributed by atoms with Crippen molar-refractivity contribution < 1.29 is 0 Å². The number of rotatable bonds is 4. The minimum absolute atomic E-state index is 0.0711. The van der Waals surface area contributed by atoms with Crippen LogP contribution in [0.15, 0.2) is 167 Å². The van der Waals surface area contributed by atoms with Crippen molar-refractivity contribution in [2.75, 3.05) is 4.90 Å². The van der Waals surface area contributed by atoms with Gasteiger partial charge in [0.2, 0.25) is 0 Å². The summed E-state index contributed by atoms with van der Waals surface area (Å²) in [4.78, 5) is 2.73. The lowest BCUT2D eigenvalue weighted by molar-refractivity contribution is 0.370. The summed E-state index contributed by atoms with van der Waals surface area (Å²) in [5, 5.41) is 0. The molecule has 1 nitrogen and oxygen atoms in total. The molecular formula is C55H55N. The minimum Gasteiger partial charge on any atom is -0.342 e. The zero-order chi connectivity index (χ0) is 36.8. The molecule has 0 bridgehead atoms. The van der Waals surface area contributed by atoms with E-state index in [1.54, 1.807) is 61.4 Å². The fourth-order valence-corrected chi connectivity index (χ4v) is 13.6. The molecule has 2 aromatic carbocycles. The first kappa shape index (κ1) is 33.5. The summed E-state index contributed by atoms with van der Waals surface area (Å²) in [6, 6.07) is 17.4. The maximum Gasteiger partial charge on any atom is 0.0645 e. The number of benzene rings is 2. The van der Waals surface area contributed by atoms with E-state index in [-0.39, 0.29) is 5.41 Å². The zero-order valence-electron chi connectivity index (χ0n) is 32.9. The Kier molecular flexibility index (Phi) is 7.91. The zero-order valence-corrected chi connectivity index (χ0v) is 32.9. The third kappa shape index (κ3) is 4.85. The Balaban J connectivity index is 0.971. The molecule has 0 heterocycles. The standard InChI is InChI=1S/C55H55N/c1-3-15-38(16-4-1)56(39-17-5-2-6-18-39)40-30-27-36(28-31-40)37-29-32-47-45-23-11-13-25-51(45)55(53(47)33-37)52-26-14-12-24-46(52)50-34-48-43-21-9-7-19-41(43)42-20-8-10-22-44(42)49(48)35-54(50)55/h1-5,7-10,12,15-16,19-22,24,30,33-36,39,41-44H,6,11,13-14,17-18,23,25-29,31-32H2. The Morgan fingerprint density at radius 2 is 1.45 bits per heavy atom. The second-order valence-corrected chi connectivity index (χ2v) is 18.4. The van der Waals surface area contributed by atoms with Crippen LogP contribution in [0.4, 0.5) is 5.69 Å². The maximum atomic E-state index is 2.84. The summed E-state index contributed by atoms with van der Waals surface area (Å²) in [5.74, 6) is 2.59. The lowest BCUT2D eigenvalue weighted by atomic mass is 9.59. The number of hydrogen-bond acceptors (Lipinski definition) is 1. The normalized spacial score (nSPS) is 33.1. The molecule has 1 heteroatoms. The van der Waals surface area contributed by atoms with Crippen LogP contribution < -0.4 is 4.90 Å². The van der Waals surface area contributed by atoms with Gasteiger partial charge < -0.3 is 4.90 Å². The van der Waals surface area contributed by atoms with Crippen molar-refractivity contribution in [3.8, 4) is 0 Å². The highest BCUT2D eigenvalue weighted by atomic mass is 15.2. The van der Waals surface area contributed by atoms with E-state index in [0.717, 1.165) is 12.8 Å². The highest BCUT2D eigenvalue weighted by Crippen LogP contribution is 2.67. The van der Waals surface area contributed by atoms with Crippen molar-refractivity contribution in [3.63, 3.8) is 0 Å². The molecule has 280 valence electrons. The van der Waals surface area contributed by atoms with E-state index in [0.29, 0.717) is 35.6 Å². The summed E-state index contributed by atoms with van der Waals surface area (Å²) in [6.07, 6.45) is 51.9. The summed E-state index contributed by atoms with van der Waals surface area (Å²) in [6.45, 7) is 0. The van der Waals surface area contributed by atoms with Gasteiger partial charge in [-0.2, -0.15) is 0 Å². The van der Waals surface area contributed by atoms with Crippen LogP contribution in [-0.2, 0) is 5.41 Å². The fraction of sp³-hybridized carbons (Fsp3) is 0.382. The van der Waals surface area contributed by atoms with E-state index < -0.39 is 0 Å². The number of nitrogens with zero attached hydrogens (tertiary/aromatic N) is 1. The van der Waals surface area contributed by atoms with Crippen LogP contribution in [0.3, 0.4) is 0 Å². The number of fused-ring (bicyclic) bond motifs is 13. The highest BCUT2D eigenvalue weighted by molar-refractivity contribution is 5.93. The van der Waals surface area contributed by atoms with Crippen molar-refractivity contribution in [3.05, 3.63) is 189 Å². The number of para-hydroxylation sites is 1. The Morgan fingerprint density at radius 3 is 2.23 bits per heavy atom. The van der Waals surface area contributed by atoms with E-state index in [1.807, 2.05) is 5.57 Å². The molecule has 0 fully saturated rings. The summed E-state index contributed by atoms with van der Waals surface area (Å²) < 4.78 is 0. The molecule has 0 radical (unpaired) electrons. The topological polar surface area (TPSA) is 3.24 Å². The van der Waals surface area contributed by atoms with Gasteiger partial charge in [0.15, 0.2) is 0 Å². The number of allylic oxidation sites excluding steroid dienone is 21. The van der Waals surface area contributed by atoms with Crippen molar-refractivity contribution in [2.45, 2.75) is 113 Å². The first-order valence-corrected chi connectivity index (χ1v) is 22.4. The second kappa shape index (κ2) is 13.2. The number of hydrogen-bond donors (Lipinski definition) is 0. The van der Waals surface area contributed by atoms with Gasteiger partial charge in [0, 0.05) is 29.3 Å². The first-order chi connectivity index (χ1) is 27.8. The molecular weight excluding hydrogens is 675 g/mol. The van der Waals surface area contributed by atoms with E-state index in [1.165, 1.54) is 82.7 Å². The predicted molar refractivity (Wildman–Crippen MR) is 233 cm³/mol. The first-order valence-electron chi connectivity index (χ1n) is 22.4. The molecule has 0 amide bonds. The average Bonchev–Trinajstić information content (AvgIpc) is 3.73. The van der Waals surface area contributed by atoms with Gasteiger partial charge in [-0.05, 0) is 182 Å². The molecule has 2 aromatic rings. The van der Waals surface area contributed by atoms with E-state index >= 15 is 0 Å². The van der Waals surface area contributed by atoms with Gasteiger partial charge in [-0.15, -0.1) is 0 Å². The number of anilines is 1. The van der Waals surface area contributed by atoms with Gasteiger partial charge in [-0.3, -0.25) is 0 Å². The van der Waals surface area contributed by atoms with Gasteiger partial charge in [0.05, 0.1) is 5.41 Å². The SMILES string of the molecule is C1=CC2c3cc4c(cc3C3C=CC=CC3C2C=C1)C1(C2=C(CCC(C3CC=C(N(c5ccccc5)C5CC=CCC5)CC3)=C2)C2=C1CCCC2)C1=C4C=CCC1. The Labute approximate surface area is 334 Å².